The molecule has 1 N–H and O–H groups in total. The normalized spacial score (nSPS) is 16.0. The molecule has 1 fully saturated rings. The van der Waals surface area contributed by atoms with E-state index in [1.165, 1.54) is 0 Å². The molecule has 1 atom stereocenters. The molecule has 0 aromatic heterocycles. The molecule has 28 heavy (non-hydrogen) atoms. The first-order chi connectivity index (χ1) is 13.6. The largest absolute Gasteiger partial charge is 0.497 e. The third kappa shape index (κ3) is 3.75. The van der Waals surface area contributed by atoms with Gasteiger partial charge in [0.1, 0.15) is 17.2 Å². The highest BCUT2D eigenvalue weighted by atomic mass is 35.5. The van der Waals surface area contributed by atoms with Crippen LogP contribution in [0.15, 0.2) is 72.8 Å². The minimum Gasteiger partial charge on any atom is -0.497 e. The molecule has 6 heteroatoms. The minimum atomic E-state index is -0.126. The molecule has 1 saturated heterocycles. The Labute approximate surface area is 168 Å². The second kappa shape index (κ2) is 7.82. The molecule has 4 rings (SSSR count). The zero-order valence-corrected chi connectivity index (χ0v) is 16.0. The second-order valence-electron chi connectivity index (χ2n) is 6.40. The fraction of sp³-hybridized carbons (Fsp3) is 0.136. The van der Waals surface area contributed by atoms with Crippen molar-refractivity contribution in [2.45, 2.75) is 6.04 Å². The number of carbonyl (C=O) groups is 1. The van der Waals surface area contributed by atoms with Gasteiger partial charge in [-0.05, 0) is 66.2 Å². The van der Waals surface area contributed by atoms with Crippen LogP contribution in [0.5, 0.6) is 17.2 Å². The molecule has 0 saturated carbocycles. The van der Waals surface area contributed by atoms with Crippen LogP contribution in [0.4, 0.5) is 10.5 Å². The number of hydrogen-bond acceptors (Lipinski definition) is 3. The number of amides is 2. The van der Waals surface area contributed by atoms with Crippen LogP contribution in [0, 0.1) is 0 Å². The first-order valence-corrected chi connectivity index (χ1v) is 9.26. The van der Waals surface area contributed by atoms with Crippen LogP contribution < -0.4 is 19.7 Å². The lowest BCUT2D eigenvalue weighted by atomic mass is 10.1. The van der Waals surface area contributed by atoms with Crippen molar-refractivity contribution in [1.29, 1.82) is 0 Å². The molecule has 0 radical (unpaired) electrons. The van der Waals surface area contributed by atoms with Gasteiger partial charge in [-0.1, -0.05) is 23.7 Å². The second-order valence-corrected chi connectivity index (χ2v) is 6.83. The monoisotopic (exact) mass is 394 g/mol. The summed E-state index contributed by atoms with van der Waals surface area (Å²) in [4.78, 5) is 14.2. The van der Waals surface area contributed by atoms with E-state index >= 15 is 0 Å². The standard InChI is InChI=1S/C22H19ClN2O3/c1-27-20-4-2-3-15(13-20)21-14-24-22(26)25(21)17-7-11-19(12-8-17)28-18-9-5-16(23)6-10-18/h2-13,21H,14H2,1H3,(H,24,26)/t21-/m1/s1. The Kier molecular flexibility index (Phi) is 5.08. The molecular formula is C22H19ClN2O3. The van der Waals surface area contributed by atoms with Crippen molar-refractivity contribution in [2.75, 3.05) is 18.6 Å². The Morgan fingerprint density at radius 2 is 1.64 bits per heavy atom. The number of anilines is 1. The Morgan fingerprint density at radius 1 is 0.964 bits per heavy atom. The molecule has 1 aliphatic rings. The van der Waals surface area contributed by atoms with Crippen molar-refractivity contribution >= 4 is 23.3 Å². The molecular weight excluding hydrogens is 376 g/mol. The third-order valence-electron chi connectivity index (χ3n) is 4.62. The van der Waals surface area contributed by atoms with E-state index in [1.54, 1.807) is 24.1 Å². The van der Waals surface area contributed by atoms with Crippen LogP contribution in [-0.2, 0) is 0 Å². The summed E-state index contributed by atoms with van der Waals surface area (Å²) in [6.45, 7) is 0.537. The Balaban J connectivity index is 1.56. The molecule has 0 unspecified atom stereocenters. The molecule has 142 valence electrons. The van der Waals surface area contributed by atoms with Crippen molar-refractivity contribution in [1.82, 2.24) is 5.32 Å². The maximum absolute atomic E-state index is 12.5. The van der Waals surface area contributed by atoms with Gasteiger partial charge in [-0.3, -0.25) is 4.90 Å². The smallest absolute Gasteiger partial charge is 0.322 e. The van der Waals surface area contributed by atoms with Gasteiger partial charge in [-0.15, -0.1) is 0 Å². The van der Waals surface area contributed by atoms with E-state index in [2.05, 4.69) is 5.32 Å². The number of hydrogen-bond donors (Lipinski definition) is 1. The molecule has 0 bridgehead atoms. The highest BCUT2D eigenvalue weighted by Gasteiger charge is 2.33. The SMILES string of the molecule is COc1cccc([C@H]2CNC(=O)N2c2ccc(Oc3ccc(Cl)cc3)cc2)c1. The molecule has 3 aromatic carbocycles. The van der Waals surface area contributed by atoms with Gasteiger partial charge in [0.2, 0.25) is 0 Å². The molecule has 1 heterocycles. The lowest BCUT2D eigenvalue weighted by Crippen LogP contribution is -2.29. The van der Waals surface area contributed by atoms with E-state index < -0.39 is 0 Å². The van der Waals surface area contributed by atoms with Gasteiger partial charge in [0.15, 0.2) is 0 Å². The average molecular weight is 395 g/mol. The summed E-state index contributed by atoms with van der Waals surface area (Å²) in [5, 5.41) is 3.57. The van der Waals surface area contributed by atoms with Gasteiger partial charge >= 0.3 is 6.03 Å². The molecule has 3 aromatic rings. The lowest BCUT2D eigenvalue weighted by molar-refractivity contribution is 0.251. The topological polar surface area (TPSA) is 50.8 Å². The molecule has 5 nitrogen and oxygen atoms in total. The van der Waals surface area contributed by atoms with Crippen molar-refractivity contribution in [3.05, 3.63) is 83.4 Å². The van der Waals surface area contributed by atoms with Crippen LogP contribution >= 0.6 is 11.6 Å². The maximum atomic E-state index is 12.5. The summed E-state index contributed by atoms with van der Waals surface area (Å²) >= 11 is 5.90. The fourth-order valence-electron chi connectivity index (χ4n) is 3.23. The minimum absolute atomic E-state index is 0.106. The van der Waals surface area contributed by atoms with Gasteiger partial charge in [0.25, 0.3) is 0 Å². The van der Waals surface area contributed by atoms with E-state index in [4.69, 9.17) is 21.1 Å². The first-order valence-electron chi connectivity index (χ1n) is 8.88. The van der Waals surface area contributed by atoms with Gasteiger partial charge in [-0.2, -0.15) is 0 Å². The molecule has 2 amide bonds. The zero-order chi connectivity index (χ0) is 19.5. The number of methoxy groups -OCH3 is 1. The Hall–Kier alpha value is -3.18. The van der Waals surface area contributed by atoms with E-state index in [0.29, 0.717) is 23.1 Å². The zero-order valence-electron chi connectivity index (χ0n) is 15.3. The number of benzene rings is 3. The molecule has 0 aliphatic carbocycles. The van der Waals surface area contributed by atoms with E-state index in [9.17, 15) is 4.79 Å². The van der Waals surface area contributed by atoms with Crippen LogP contribution in [0.2, 0.25) is 5.02 Å². The predicted molar refractivity (Wildman–Crippen MR) is 110 cm³/mol. The number of nitrogens with zero attached hydrogens (tertiary/aromatic N) is 1. The Bertz CT molecular complexity index is 974. The van der Waals surface area contributed by atoms with Crippen LogP contribution in [0.3, 0.4) is 0 Å². The maximum Gasteiger partial charge on any atom is 0.322 e. The van der Waals surface area contributed by atoms with Crippen molar-refractivity contribution in [3.8, 4) is 17.2 Å². The third-order valence-corrected chi connectivity index (χ3v) is 4.87. The summed E-state index contributed by atoms with van der Waals surface area (Å²) < 4.78 is 11.1. The summed E-state index contributed by atoms with van der Waals surface area (Å²) in [5.41, 5.74) is 1.81. The summed E-state index contributed by atoms with van der Waals surface area (Å²) in [6.07, 6.45) is 0. The average Bonchev–Trinajstić information content (AvgIpc) is 3.12. The summed E-state index contributed by atoms with van der Waals surface area (Å²) in [7, 11) is 1.63. The highest BCUT2D eigenvalue weighted by Crippen LogP contribution is 2.33. The number of rotatable bonds is 5. The number of ether oxygens (including phenoxy) is 2. The van der Waals surface area contributed by atoms with Crippen molar-refractivity contribution in [3.63, 3.8) is 0 Å². The van der Waals surface area contributed by atoms with Gasteiger partial charge in [-0.25, -0.2) is 4.79 Å². The van der Waals surface area contributed by atoms with Gasteiger partial charge < -0.3 is 14.8 Å². The van der Waals surface area contributed by atoms with E-state index in [0.717, 1.165) is 17.0 Å². The van der Waals surface area contributed by atoms with Gasteiger partial charge in [0.05, 0.1) is 13.2 Å². The molecule has 1 aliphatic heterocycles. The van der Waals surface area contributed by atoms with Crippen LogP contribution in [0.1, 0.15) is 11.6 Å². The number of urea groups is 1. The van der Waals surface area contributed by atoms with Crippen LogP contribution in [0.25, 0.3) is 0 Å². The van der Waals surface area contributed by atoms with E-state index in [-0.39, 0.29) is 12.1 Å². The van der Waals surface area contributed by atoms with Gasteiger partial charge in [0, 0.05) is 17.3 Å². The first kappa shape index (κ1) is 18.2. The lowest BCUT2D eigenvalue weighted by Gasteiger charge is -2.24. The highest BCUT2D eigenvalue weighted by molar-refractivity contribution is 6.30. The summed E-state index contributed by atoms with van der Waals surface area (Å²) in [6, 6.07) is 22.2. The molecule has 0 spiro atoms. The number of carbonyl (C=O) groups excluding carboxylic acids is 1. The predicted octanol–water partition coefficient (Wildman–Crippen LogP) is 5.41. The Morgan fingerprint density at radius 3 is 2.32 bits per heavy atom. The number of nitrogens with one attached hydrogen (secondary N) is 1. The summed E-state index contributed by atoms with van der Waals surface area (Å²) in [5.74, 6) is 2.15. The quantitative estimate of drug-likeness (QED) is 0.629. The van der Waals surface area contributed by atoms with Crippen LogP contribution in [-0.4, -0.2) is 19.7 Å². The van der Waals surface area contributed by atoms with E-state index in [1.807, 2.05) is 60.7 Å². The van der Waals surface area contributed by atoms with Crippen molar-refractivity contribution < 1.29 is 14.3 Å². The number of halogens is 1. The fourth-order valence-corrected chi connectivity index (χ4v) is 3.35. The van der Waals surface area contributed by atoms with Crippen molar-refractivity contribution in [2.24, 2.45) is 0 Å².